The number of benzene rings is 2. The van der Waals surface area contributed by atoms with Crippen LogP contribution in [0.4, 0.5) is 5.69 Å². The molecule has 2 saturated heterocycles. The van der Waals surface area contributed by atoms with Gasteiger partial charge in [-0.3, -0.25) is 14.4 Å². The van der Waals surface area contributed by atoms with Crippen molar-refractivity contribution in [1.82, 2.24) is 10.2 Å². The number of halogens is 3. The highest BCUT2D eigenvalue weighted by atomic mass is 35.5. The van der Waals surface area contributed by atoms with Crippen LogP contribution in [0, 0.1) is 11.8 Å². The van der Waals surface area contributed by atoms with Crippen LogP contribution in [-0.4, -0.2) is 45.9 Å². The van der Waals surface area contributed by atoms with Gasteiger partial charge in [-0.15, -0.1) is 0 Å². The van der Waals surface area contributed by atoms with Gasteiger partial charge in [-0.1, -0.05) is 84.4 Å². The van der Waals surface area contributed by atoms with Gasteiger partial charge < -0.3 is 20.3 Å². The minimum atomic E-state index is -1.29. The van der Waals surface area contributed by atoms with Crippen LogP contribution in [0.25, 0.3) is 0 Å². The van der Waals surface area contributed by atoms with Crippen molar-refractivity contribution in [1.29, 1.82) is 0 Å². The van der Waals surface area contributed by atoms with E-state index < -0.39 is 35.0 Å². The maximum atomic E-state index is 14.3. The van der Waals surface area contributed by atoms with Gasteiger partial charge in [0.2, 0.25) is 17.7 Å². The third-order valence-electron chi connectivity index (χ3n) is 8.76. The molecule has 2 bridgehead atoms. The molecule has 210 valence electrons. The van der Waals surface area contributed by atoms with E-state index in [2.05, 4.69) is 10.6 Å². The molecule has 4 aliphatic rings. The average molecular weight is 603 g/mol. The molecule has 0 radical (unpaired) electrons. The predicted octanol–water partition coefficient (Wildman–Crippen LogP) is 5.78. The fourth-order valence-electron chi connectivity index (χ4n) is 6.93. The van der Waals surface area contributed by atoms with Crippen molar-refractivity contribution in [2.45, 2.75) is 68.9 Å². The normalized spacial score (nSPS) is 30.9. The van der Waals surface area contributed by atoms with Gasteiger partial charge in [-0.05, 0) is 49.6 Å². The van der Waals surface area contributed by atoms with Gasteiger partial charge >= 0.3 is 0 Å². The first-order valence-electron chi connectivity index (χ1n) is 13.6. The maximum Gasteiger partial charge on any atom is 0.246 e. The predicted molar refractivity (Wildman–Crippen MR) is 154 cm³/mol. The van der Waals surface area contributed by atoms with Crippen molar-refractivity contribution >= 4 is 58.2 Å². The quantitative estimate of drug-likeness (QED) is 0.411. The number of carbonyl (C=O) groups excluding carboxylic acids is 3. The van der Waals surface area contributed by atoms with Crippen LogP contribution in [0.15, 0.2) is 54.6 Å². The number of nitrogens with one attached hydrogen (secondary N) is 2. The zero-order valence-electron chi connectivity index (χ0n) is 22.0. The summed E-state index contributed by atoms with van der Waals surface area (Å²) in [4.78, 5) is 43.7. The molecule has 6 rings (SSSR count). The molecule has 1 aliphatic carbocycles. The van der Waals surface area contributed by atoms with Crippen molar-refractivity contribution in [3.8, 4) is 0 Å². The molecular formula is C30H30Cl3N3O4. The molecule has 40 heavy (non-hydrogen) atoms. The number of anilines is 1. The number of ether oxygens (including phenoxy) is 1. The van der Waals surface area contributed by atoms with Crippen molar-refractivity contribution in [3.63, 3.8) is 0 Å². The molecule has 3 fully saturated rings. The first kappa shape index (κ1) is 27.6. The zero-order valence-corrected chi connectivity index (χ0v) is 24.2. The van der Waals surface area contributed by atoms with Crippen LogP contribution in [-0.2, 0) is 25.7 Å². The molecule has 1 saturated carbocycles. The average Bonchev–Trinajstić information content (AvgIpc) is 3.49. The van der Waals surface area contributed by atoms with E-state index in [9.17, 15) is 14.4 Å². The van der Waals surface area contributed by atoms with Gasteiger partial charge in [0.05, 0.1) is 27.5 Å². The summed E-state index contributed by atoms with van der Waals surface area (Å²) in [6.45, 7) is 1.91. The van der Waals surface area contributed by atoms with Crippen molar-refractivity contribution in [3.05, 3.63) is 75.2 Å². The monoisotopic (exact) mass is 601 g/mol. The number of fused-ring (bicyclic) bond motifs is 1. The van der Waals surface area contributed by atoms with E-state index in [1.165, 1.54) is 0 Å². The fraction of sp³-hybridized carbons (Fsp3) is 0.433. The zero-order chi connectivity index (χ0) is 28.2. The summed E-state index contributed by atoms with van der Waals surface area (Å²) in [7, 11) is 0. The van der Waals surface area contributed by atoms with Gasteiger partial charge in [-0.25, -0.2) is 0 Å². The van der Waals surface area contributed by atoms with E-state index in [1.54, 1.807) is 36.1 Å². The molecule has 2 aromatic rings. The lowest BCUT2D eigenvalue weighted by molar-refractivity contribution is -0.145. The van der Waals surface area contributed by atoms with Crippen molar-refractivity contribution < 1.29 is 19.1 Å². The minimum Gasteiger partial charge on any atom is -0.356 e. The van der Waals surface area contributed by atoms with Gasteiger partial charge in [0.15, 0.2) is 0 Å². The van der Waals surface area contributed by atoms with E-state index in [-0.39, 0.29) is 24.4 Å². The lowest BCUT2D eigenvalue weighted by atomic mass is 9.70. The lowest BCUT2D eigenvalue weighted by Gasteiger charge is -2.34. The van der Waals surface area contributed by atoms with Crippen LogP contribution in [0.1, 0.15) is 44.6 Å². The second kappa shape index (κ2) is 10.4. The van der Waals surface area contributed by atoms with E-state index in [4.69, 9.17) is 39.5 Å². The Labute approximate surface area is 248 Å². The summed E-state index contributed by atoms with van der Waals surface area (Å²) < 4.78 is 6.60. The van der Waals surface area contributed by atoms with Gasteiger partial charge in [0.25, 0.3) is 0 Å². The lowest BCUT2D eigenvalue weighted by Crippen LogP contribution is -2.56. The molecule has 0 aromatic heterocycles. The minimum absolute atomic E-state index is 0.0425. The SMILES string of the molecule is CC12C=CC3(O1)C(C(=O)N(Cc1ccccc1Cl)C3C(=O)NC1CCCCC1)C2C(=O)Nc1ccc(Cl)c(Cl)c1. The molecule has 10 heteroatoms. The number of nitrogens with zero attached hydrogens (tertiary/aromatic N) is 1. The Morgan fingerprint density at radius 3 is 2.45 bits per heavy atom. The standard InChI is InChI=1S/C30H30Cl3N3O4/c1-29-13-14-30(40-29)24(23(29)26(37)35-19-11-12-21(32)22(33)15-19)28(39)36(16-17-7-5-6-10-20(17)31)25(30)27(38)34-18-8-3-2-4-9-18/h5-7,10-15,18,23-25H,2-4,8-9,16H2,1H3,(H,34,38)(H,35,37). The summed E-state index contributed by atoms with van der Waals surface area (Å²) >= 11 is 18.7. The van der Waals surface area contributed by atoms with Crippen LogP contribution < -0.4 is 10.6 Å². The molecule has 3 amide bonds. The first-order valence-corrected chi connectivity index (χ1v) is 14.8. The number of carbonyl (C=O) groups is 3. The molecule has 2 aromatic carbocycles. The topological polar surface area (TPSA) is 87.7 Å². The Morgan fingerprint density at radius 1 is 0.975 bits per heavy atom. The summed E-state index contributed by atoms with van der Waals surface area (Å²) in [5.74, 6) is -2.74. The molecule has 3 aliphatic heterocycles. The van der Waals surface area contributed by atoms with Crippen molar-refractivity contribution in [2.75, 3.05) is 5.32 Å². The summed E-state index contributed by atoms with van der Waals surface area (Å²) in [5.41, 5.74) is -1.19. The Hall–Kier alpha value is -2.58. The van der Waals surface area contributed by atoms with Crippen LogP contribution in [0.3, 0.4) is 0 Å². The third kappa shape index (κ3) is 4.51. The van der Waals surface area contributed by atoms with Gasteiger partial charge in [-0.2, -0.15) is 0 Å². The Kier molecular flexibility index (Phi) is 7.14. The number of hydrogen-bond donors (Lipinski definition) is 2. The molecule has 3 heterocycles. The number of hydrogen-bond acceptors (Lipinski definition) is 4. The molecule has 5 atom stereocenters. The highest BCUT2D eigenvalue weighted by Gasteiger charge is 2.76. The second-order valence-corrected chi connectivity index (χ2v) is 12.6. The molecule has 1 spiro atoms. The largest absolute Gasteiger partial charge is 0.356 e. The Bertz CT molecular complexity index is 1410. The van der Waals surface area contributed by atoms with Crippen LogP contribution in [0.2, 0.25) is 15.1 Å². The summed E-state index contributed by atoms with van der Waals surface area (Å²) in [5, 5.41) is 7.25. The van der Waals surface area contributed by atoms with Gasteiger partial charge in [0, 0.05) is 23.3 Å². The van der Waals surface area contributed by atoms with E-state index in [0.717, 1.165) is 32.1 Å². The van der Waals surface area contributed by atoms with Crippen LogP contribution >= 0.6 is 34.8 Å². The molecule has 5 unspecified atom stereocenters. The number of likely N-dealkylation sites (tertiary alicyclic amines) is 1. The van der Waals surface area contributed by atoms with Gasteiger partial charge in [0.1, 0.15) is 11.6 Å². The summed E-state index contributed by atoms with van der Waals surface area (Å²) in [6, 6.07) is 11.1. The molecular weight excluding hydrogens is 573 g/mol. The van der Waals surface area contributed by atoms with E-state index in [0.29, 0.717) is 26.3 Å². The number of amides is 3. The fourth-order valence-corrected chi connectivity index (χ4v) is 7.42. The summed E-state index contributed by atoms with van der Waals surface area (Å²) in [6.07, 6.45) is 8.69. The van der Waals surface area contributed by atoms with E-state index >= 15 is 0 Å². The Morgan fingerprint density at radius 2 is 1.73 bits per heavy atom. The van der Waals surface area contributed by atoms with E-state index in [1.807, 2.05) is 30.4 Å². The highest BCUT2D eigenvalue weighted by molar-refractivity contribution is 6.42. The maximum absolute atomic E-state index is 14.3. The van der Waals surface area contributed by atoms with Crippen molar-refractivity contribution in [2.24, 2.45) is 11.8 Å². The molecule has 7 nitrogen and oxygen atoms in total. The highest BCUT2D eigenvalue weighted by Crippen LogP contribution is 2.60. The van der Waals surface area contributed by atoms with Crippen LogP contribution in [0.5, 0.6) is 0 Å². The Balaban J connectivity index is 1.36. The smallest absolute Gasteiger partial charge is 0.246 e. The number of rotatable bonds is 6. The third-order valence-corrected chi connectivity index (χ3v) is 9.87. The first-order chi connectivity index (χ1) is 19.1. The second-order valence-electron chi connectivity index (χ2n) is 11.3. The molecule has 2 N–H and O–H groups in total.